The number of aromatic amines is 1. The second kappa shape index (κ2) is 3.16. The van der Waals surface area contributed by atoms with Gasteiger partial charge in [0.15, 0.2) is 0 Å². The van der Waals surface area contributed by atoms with Crippen LogP contribution in [-0.4, -0.2) is 23.7 Å². The van der Waals surface area contributed by atoms with E-state index < -0.39 is 0 Å². The highest BCUT2D eigenvalue weighted by Gasteiger charge is 2.27. The second-order valence-corrected chi connectivity index (χ2v) is 4.21. The summed E-state index contributed by atoms with van der Waals surface area (Å²) in [5.41, 5.74) is 1.34. The van der Waals surface area contributed by atoms with Gasteiger partial charge in [0.1, 0.15) is 0 Å². The van der Waals surface area contributed by atoms with Crippen LogP contribution in [0, 0.1) is 0 Å². The third-order valence-corrected chi connectivity index (χ3v) is 2.41. The van der Waals surface area contributed by atoms with Gasteiger partial charge >= 0.3 is 0 Å². The van der Waals surface area contributed by atoms with Gasteiger partial charge < -0.3 is 15.0 Å². The third-order valence-electron chi connectivity index (χ3n) is 2.41. The van der Waals surface area contributed by atoms with E-state index in [1.807, 2.05) is 12.4 Å². The molecule has 1 unspecified atom stereocenters. The minimum absolute atomic E-state index is 0.118. The summed E-state index contributed by atoms with van der Waals surface area (Å²) in [4.78, 5) is 3.04. The minimum atomic E-state index is 0.118. The van der Waals surface area contributed by atoms with Crippen LogP contribution in [0.5, 0.6) is 0 Å². The van der Waals surface area contributed by atoms with Crippen molar-refractivity contribution in [2.75, 3.05) is 13.2 Å². The van der Waals surface area contributed by atoms with Gasteiger partial charge in [-0.1, -0.05) is 0 Å². The van der Waals surface area contributed by atoms with Crippen molar-refractivity contribution < 1.29 is 4.74 Å². The van der Waals surface area contributed by atoms with E-state index in [4.69, 9.17) is 4.74 Å². The maximum Gasteiger partial charge on any atom is 0.0964 e. The molecule has 2 N–H and O–H groups in total. The Balaban J connectivity index is 1.99. The summed E-state index contributed by atoms with van der Waals surface area (Å²) in [6.07, 6.45) is 4.13. The van der Waals surface area contributed by atoms with E-state index in [0.29, 0.717) is 0 Å². The summed E-state index contributed by atoms with van der Waals surface area (Å²) in [5, 5.41) is 3.46. The molecule has 2 rings (SSSR count). The van der Waals surface area contributed by atoms with Crippen LogP contribution in [0.2, 0.25) is 0 Å². The molecule has 1 aliphatic rings. The van der Waals surface area contributed by atoms with Crippen LogP contribution in [0.15, 0.2) is 18.5 Å². The van der Waals surface area contributed by atoms with Crippen molar-refractivity contribution in [1.29, 1.82) is 0 Å². The van der Waals surface area contributed by atoms with Gasteiger partial charge in [-0.25, -0.2) is 0 Å². The number of hydrogen-bond acceptors (Lipinski definition) is 2. The average Bonchev–Trinajstić information content (AvgIpc) is 2.56. The zero-order valence-electron chi connectivity index (χ0n) is 8.13. The number of ether oxygens (including phenoxy) is 1. The molecule has 1 fully saturated rings. The summed E-state index contributed by atoms with van der Waals surface area (Å²) in [6.45, 7) is 5.97. The monoisotopic (exact) mass is 180 g/mol. The molecule has 0 saturated carbocycles. The van der Waals surface area contributed by atoms with Crippen molar-refractivity contribution in [2.24, 2.45) is 0 Å². The van der Waals surface area contributed by atoms with Gasteiger partial charge in [-0.2, -0.15) is 0 Å². The fourth-order valence-corrected chi connectivity index (χ4v) is 1.54. The Labute approximate surface area is 78.5 Å². The Hall–Kier alpha value is -0.800. The molecule has 0 spiro atoms. The minimum Gasteiger partial charge on any atom is -0.370 e. The average molecular weight is 180 g/mol. The lowest BCUT2D eigenvalue weighted by Crippen LogP contribution is -2.50. The van der Waals surface area contributed by atoms with Crippen LogP contribution < -0.4 is 5.32 Å². The standard InChI is InChI=1S/C10H16N2O/c1-10(2)7-13-9(6-12-10)8-3-4-11-5-8/h3-5,9,11-12H,6-7H2,1-2H3. The number of rotatable bonds is 1. The van der Waals surface area contributed by atoms with Gasteiger partial charge in [-0.05, 0) is 25.5 Å². The molecule has 3 heteroatoms. The van der Waals surface area contributed by atoms with Gasteiger partial charge in [-0.3, -0.25) is 0 Å². The first kappa shape index (κ1) is 8.78. The van der Waals surface area contributed by atoms with Gasteiger partial charge in [0.05, 0.1) is 12.7 Å². The number of morpholine rings is 1. The molecular formula is C10H16N2O. The molecule has 1 aliphatic heterocycles. The molecule has 1 aromatic heterocycles. The molecule has 1 aromatic rings. The van der Waals surface area contributed by atoms with E-state index >= 15 is 0 Å². The topological polar surface area (TPSA) is 37.0 Å². The molecule has 1 atom stereocenters. The predicted octanol–water partition coefficient (Wildman–Crippen LogP) is 1.45. The maximum absolute atomic E-state index is 5.76. The molecule has 72 valence electrons. The summed E-state index contributed by atoms with van der Waals surface area (Å²) >= 11 is 0. The smallest absolute Gasteiger partial charge is 0.0964 e. The Bertz CT molecular complexity index is 256. The van der Waals surface area contributed by atoms with Gasteiger partial charge in [0.25, 0.3) is 0 Å². The fraction of sp³-hybridized carbons (Fsp3) is 0.600. The van der Waals surface area contributed by atoms with Crippen molar-refractivity contribution in [3.8, 4) is 0 Å². The molecule has 0 aliphatic carbocycles. The van der Waals surface area contributed by atoms with Crippen LogP contribution in [-0.2, 0) is 4.74 Å². The molecule has 0 bridgehead atoms. The Morgan fingerprint density at radius 3 is 2.92 bits per heavy atom. The molecule has 2 heterocycles. The molecule has 3 nitrogen and oxygen atoms in total. The maximum atomic E-state index is 5.76. The number of H-pyrrole nitrogens is 1. The quantitative estimate of drug-likeness (QED) is 0.686. The van der Waals surface area contributed by atoms with Gasteiger partial charge in [0.2, 0.25) is 0 Å². The highest BCUT2D eigenvalue weighted by Crippen LogP contribution is 2.22. The van der Waals surface area contributed by atoms with Crippen molar-refractivity contribution in [3.05, 3.63) is 24.0 Å². The zero-order valence-corrected chi connectivity index (χ0v) is 8.13. The number of hydrogen-bond donors (Lipinski definition) is 2. The van der Waals surface area contributed by atoms with E-state index in [1.54, 1.807) is 0 Å². The highest BCUT2D eigenvalue weighted by atomic mass is 16.5. The predicted molar refractivity (Wildman–Crippen MR) is 51.6 cm³/mol. The molecular weight excluding hydrogens is 164 g/mol. The molecule has 0 radical (unpaired) electrons. The van der Waals surface area contributed by atoms with Crippen LogP contribution in [0.4, 0.5) is 0 Å². The first-order valence-corrected chi connectivity index (χ1v) is 4.67. The lowest BCUT2D eigenvalue weighted by atomic mass is 10.0. The zero-order chi connectivity index (χ0) is 9.31. The lowest BCUT2D eigenvalue weighted by Gasteiger charge is -2.35. The summed E-state index contributed by atoms with van der Waals surface area (Å²) < 4.78 is 5.76. The van der Waals surface area contributed by atoms with Crippen LogP contribution in [0.3, 0.4) is 0 Å². The molecule has 13 heavy (non-hydrogen) atoms. The van der Waals surface area contributed by atoms with Crippen molar-refractivity contribution in [3.63, 3.8) is 0 Å². The Morgan fingerprint density at radius 1 is 1.54 bits per heavy atom. The van der Waals surface area contributed by atoms with E-state index in [1.165, 1.54) is 5.56 Å². The molecule has 1 saturated heterocycles. The SMILES string of the molecule is CC1(C)COC(c2cc[nH]c2)CN1. The van der Waals surface area contributed by atoms with E-state index in [9.17, 15) is 0 Å². The van der Waals surface area contributed by atoms with E-state index in [2.05, 4.69) is 30.2 Å². The van der Waals surface area contributed by atoms with Crippen LogP contribution >= 0.6 is 0 Å². The van der Waals surface area contributed by atoms with Crippen LogP contribution in [0.1, 0.15) is 25.5 Å². The summed E-state index contributed by atoms with van der Waals surface area (Å²) in [5.74, 6) is 0. The normalized spacial score (nSPS) is 27.4. The Kier molecular flexibility index (Phi) is 2.14. The number of nitrogens with one attached hydrogen (secondary N) is 2. The lowest BCUT2D eigenvalue weighted by molar-refractivity contribution is -0.0228. The van der Waals surface area contributed by atoms with Gasteiger partial charge in [0, 0.05) is 24.5 Å². The summed E-state index contributed by atoms with van der Waals surface area (Å²) in [7, 11) is 0. The molecule has 0 amide bonds. The van der Waals surface area contributed by atoms with E-state index in [0.717, 1.165) is 13.2 Å². The third kappa shape index (κ3) is 1.92. The fourth-order valence-electron chi connectivity index (χ4n) is 1.54. The van der Waals surface area contributed by atoms with E-state index in [-0.39, 0.29) is 11.6 Å². The van der Waals surface area contributed by atoms with Crippen molar-refractivity contribution in [1.82, 2.24) is 10.3 Å². The van der Waals surface area contributed by atoms with Gasteiger partial charge in [-0.15, -0.1) is 0 Å². The Morgan fingerprint density at radius 2 is 2.38 bits per heavy atom. The van der Waals surface area contributed by atoms with Crippen LogP contribution in [0.25, 0.3) is 0 Å². The highest BCUT2D eigenvalue weighted by molar-refractivity contribution is 5.13. The van der Waals surface area contributed by atoms with Crippen molar-refractivity contribution in [2.45, 2.75) is 25.5 Å². The first-order chi connectivity index (χ1) is 6.17. The first-order valence-electron chi connectivity index (χ1n) is 4.67. The summed E-state index contributed by atoms with van der Waals surface area (Å²) in [6, 6.07) is 2.06. The largest absolute Gasteiger partial charge is 0.370 e. The number of aromatic nitrogens is 1. The molecule has 0 aromatic carbocycles. The second-order valence-electron chi connectivity index (χ2n) is 4.21. The van der Waals surface area contributed by atoms with Crippen molar-refractivity contribution >= 4 is 0 Å².